The van der Waals surface area contributed by atoms with Crippen molar-refractivity contribution in [2.45, 2.75) is 62.5 Å². The monoisotopic (exact) mass is 255 g/mol. The first kappa shape index (κ1) is 13.1. The third-order valence-electron chi connectivity index (χ3n) is 3.63. The predicted molar refractivity (Wildman–Crippen MR) is 76.6 cm³/mol. The Morgan fingerprint density at radius 2 is 1.71 bits per heavy atom. The smallest absolute Gasteiger partial charge is 0.191 e. The summed E-state index contributed by atoms with van der Waals surface area (Å²) in [6.45, 7) is 6.66. The summed E-state index contributed by atoms with van der Waals surface area (Å²) in [7, 11) is 0. The molecule has 2 atom stereocenters. The van der Waals surface area contributed by atoms with Crippen LogP contribution >= 0.6 is 11.8 Å². The fraction of sp³-hybridized carbons (Fsp3) is 0.923. The van der Waals surface area contributed by atoms with Crippen molar-refractivity contribution >= 4 is 17.7 Å². The van der Waals surface area contributed by atoms with Gasteiger partial charge >= 0.3 is 0 Å². The van der Waals surface area contributed by atoms with Crippen molar-refractivity contribution in [2.75, 3.05) is 13.1 Å². The van der Waals surface area contributed by atoms with Gasteiger partial charge in [-0.3, -0.25) is 0 Å². The van der Waals surface area contributed by atoms with Crippen molar-refractivity contribution in [3.05, 3.63) is 0 Å². The van der Waals surface area contributed by atoms with Crippen molar-refractivity contribution in [1.82, 2.24) is 4.90 Å². The van der Waals surface area contributed by atoms with Gasteiger partial charge in [-0.1, -0.05) is 33.1 Å². The minimum Gasteiger partial charge on any atom is -0.370 e. The fourth-order valence-corrected chi connectivity index (χ4v) is 4.17. The molecule has 1 saturated heterocycles. The molecule has 0 aromatic heterocycles. The van der Waals surface area contributed by atoms with E-state index < -0.39 is 0 Å². The summed E-state index contributed by atoms with van der Waals surface area (Å²) < 4.78 is 0. The molecule has 98 valence electrons. The molecule has 2 rings (SSSR count). The average Bonchev–Trinajstić information content (AvgIpc) is 2.29. The van der Waals surface area contributed by atoms with Crippen LogP contribution in [0.5, 0.6) is 0 Å². The molecule has 0 aromatic rings. The van der Waals surface area contributed by atoms with E-state index in [1.54, 1.807) is 0 Å². The van der Waals surface area contributed by atoms with E-state index >= 15 is 0 Å². The highest BCUT2D eigenvalue weighted by Gasteiger charge is 2.24. The van der Waals surface area contributed by atoms with Gasteiger partial charge in [0.25, 0.3) is 0 Å². The molecule has 0 spiro atoms. The number of thioether (sulfide) groups is 1. The van der Waals surface area contributed by atoms with Gasteiger partial charge in [-0.2, -0.15) is 11.8 Å². The van der Waals surface area contributed by atoms with Crippen LogP contribution in [0, 0.1) is 0 Å². The van der Waals surface area contributed by atoms with E-state index in [1.165, 1.54) is 32.1 Å². The number of nitrogens with two attached hydrogens (primary N) is 1. The average molecular weight is 255 g/mol. The number of nitrogens with zero attached hydrogens (tertiary/aromatic N) is 2. The Morgan fingerprint density at radius 3 is 2.29 bits per heavy atom. The van der Waals surface area contributed by atoms with Gasteiger partial charge in [0, 0.05) is 23.6 Å². The quantitative estimate of drug-likeness (QED) is 0.578. The largest absolute Gasteiger partial charge is 0.370 e. The second-order valence-corrected chi connectivity index (χ2v) is 7.32. The van der Waals surface area contributed by atoms with Crippen LogP contribution in [0.25, 0.3) is 0 Å². The summed E-state index contributed by atoms with van der Waals surface area (Å²) in [6, 6.07) is 0.490. The molecule has 0 amide bonds. The summed E-state index contributed by atoms with van der Waals surface area (Å²) in [5.41, 5.74) is 6.17. The van der Waals surface area contributed by atoms with E-state index in [0.29, 0.717) is 16.5 Å². The van der Waals surface area contributed by atoms with Crippen molar-refractivity contribution in [3.63, 3.8) is 0 Å². The minimum absolute atomic E-state index is 0.490. The molecule has 0 bridgehead atoms. The lowest BCUT2D eigenvalue weighted by atomic mass is 9.96. The van der Waals surface area contributed by atoms with E-state index in [9.17, 15) is 0 Å². The number of hydrogen-bond acceptors (Lipinski definition) is 2. The maximum Gasteiger partial charge on any atom is 0.191 e. The first-order chi connectivity index (χ1) is 8.15. The van der Waals surface area contributed by atoms with E-state index in [2.05, 4.69) is 30.5 Å². The number of aliphatic imine (C=N–C) groups is 1. The van der Waals surface area contributed by atoms with Gasteiger partial charge in [0.05, 0.1) is 6.04 Å². The van der Waals surface area contributed by atoms with E-state index in [0.717, 1.165) is 19.0 Å². The van der Waals surface area contributed by atoms with E-state index in [4.69, 9.17) is 10.7 Å². The maximum absolute atomic E-state index is 6.17. The van der Waals surface area contributed by atoms with Crippen LogP contribution in [-0.2, 0) is 0 Å². The molecule has 2 N–H and O–H groups in total. The van der Waals surface area contributed by atoms with Gasteiger partial charge in [0.2, 0.25) is 0 Å². The minimum atomic E-state index is 0.490. The van der Waals surface area contributed by atoms with Crippen molar-refractivity contribution in [3.8, 4) is 0 Å². The molecule has 1 aliphatic heterocycles. The lowest BCUT2D eigenvalue weighted by Gasteiger charge is -2.35. The molecule has 1 saturated carbocycles. The first-order valence-electron chi connectivity index (χ1n) is 6.89. The fourth-order valence-electron chi connectivity index (χ4n) is 2.84. The Labute approximate surface area is 109 Å². The van der Waals surface area contributed by atoms with Crippen LogP contribution in [0.2, 0.25) is 0 Å². The summed E-state index contributed by atoms with van der Waals surface area (Å²) in [6.07, 6.45) is 6.48. The second-order valence-electron chi connectivity index (χ2n) is 5.44. The number of guanidine groups is 1. The molecule has 4 heteroatoms. The molecule has 1 heterocycles. The molecule has 0 radical (unpaired) electrons. The maximum atomic E-state index is 6.17. The zero-order chi connectivity index (χ0) is 12.3. The summed E-state index contributed by atoms with van der Waals surface area (Å²) in [4.78, 5) is 7.02. The Bertz CT molecular complexity index is 264. The van der Waals surface area contributed by atoms with Gasteiger partial charge in [0.1, 0.15) is 0 Å². The Hall–Kier alpha value is -0.380. The standard InChI is InChI=1S/C13H25N3S/c1-10-8-16(9-11(2)17-10)13(14)15-12-6-4-3-5-7-12/h10-12H,3-9H2,1-2H3,(H2,14,15). The van der Waals surface area contributed by atoms with Gasteiger partial charge < -0.3 is 10.6 Å². The number of rotatable bonds is 1. The molecule has 2 fully saturated rings. The van der Waals surface area contributed by atoms with Gasteiger partial charge in [-0.15, -0.1) is 0 Å². The topological polar surface area (TPSA) is 41.6 Å². The molecular weight excluding hydrogens is 230 g/mol. The number of hydrogen-bond donors (Lipinski definition) is 1. The molecule has 2 unspecified atom stereocenters. The lowest BCUT2D eigenvalue weighted by Crippen LogP contribution is -2.48. The Morgan fingerprint density at radius 1 is 1.12 bits per heavy atom. The highest BCUT2D eigenvalue weighted by atomic mass is 32.2. The van der Waals surface area contributed by atoms with E-state index in [-0.39, 0.29) is 0 Å². The molecule has 3 nitrogen and oxygen atoms in total. The molecular formula is C13H25N3S. The zero-order valence-electron chi connectivity index (χ0n) is 11.1. The van der Waals surface area contributed by atoms with Crippen molar-refractivity contribution < 1.29 is 0 Å². The normalized spacial score (nSPS) is 32.8. The van der Waals surface area contributed by atoms with Crippen LogP contribution in [0.15, 0.2) is 4.99 Å². The SMILES string of the molecule is CC1CN(C(N)=NC2CCCCC2)CC(C)S1. The van der Waals surface area contributed by atoms with Gasteiger partial charge in [-0.05, 0) is 12.8 Å². The Kier molecular flexibility index (Phi) is 4.60. The van der Waals surface area contributed by atoms with E-state index in [1.807, 2.05) is 0 Å². The molecule has 17 heavy (non-hydrogen) atoms. The van der Waals surface area contributed by atoms with Gasteiger partial charge in [-0.25, -0.2) is 4.99 Å². The summed E-state index contributed by atoms with van der Waals surface area (Å²) >= 11 is 2.06. The van der Waals surface area contributed by atoms with Crippen molar-refractivity contribution in [2.24, 2.45) is 10.7 Å². The van der Waals surface area contributed by atoms with Crippen LogP contribution in [0.1, 0.15) is 46.0 Å². The van der Waals surface area contributed by atoms with Crippen LogP contribution < -0.4 is 5.73 Å². The highest BCUT2D eigenvalue weighted by molar-refractivity contribution is 8.00. The first-order valence-corrected chi connectivity index (χ1v) is 7.83. The third-order valence-corrected chi connectivity index (χ3v) is 4.86. The second kappa shape index (κ2) is 5.98. The van der Waals surface area contributed by atoms with Gasteiger partial charge in [0.15, 0.2) is 5.96 Å². The van der Waals surface area contributed by atoms with Crippen LogP contribution in [-0.4, -0.2) is 40.5 Å². The molecule has 1 aliphatic carbocycles. The highest BCUT2D eigenvalue weighted by Crippen LogP contribution is 2.25. The van der Waals surface area contributed by atoms with Crippen molar-refractivity contribution in [1.29, 1.82) is 0 Å². The molecule has 0 aromatic carbocycles. The predicted octanol–water partition coefficient (Wildman–Crippen LogP) is 2.46. The third kappa shape index (κ3) is 3.80. The molecule has 2 aliphatic rings. The zero-order valence-corrected chi connectivity index (χ0v) is 11.9. The summed E-state index contributed by atoms with van der Waals surface area (Å²) in [5, 5.41) is 1.33. The Balaban J connectivity index is 1.93. The van der Waals surface area contributed by atoms with Crippen LogP contribution in [0.3, 0.4) is 0 Å². The van der Waals surface area contributed by atoms with Crippen LogP contribution in [0.4, 0.5) is 0 Å². The summed E-state index contributed by atoms with van der Waals surface area (Å²) in [5.74, 6) is 0.788. The lowest BCUT2D eigenvalue weighted by molar-refractivity contribution is 0.391.